The van der Waals surface area contributed by atoms with Crippen LogP contribution in [0.15, 0.2) is 36.4 Å². The molecule has 0 atom stereocenters. The molecule has 0 aliphatic carbocycles. The normalized spacial score (nSPS) is 10.6. The highest BCUT2D eigenvalue weighted by Gasteiger charge is 2.14. The van der Waals surface area contributed by atoms with E-state index < -0.39 is 0 Å². The van der Waals surface area contributed by atoms with Gasteiger partial charge in [0.25, 0.3) is 0 Å². The van der Waals surface area contributed by atoms with Crippen LogP contribution in [0.2, 0.25) is 0 Å². The Hall–Kier alpha value is -1.23. The lowest BCUT2D eigenvalue weighted by molar-refractivity contribution is 0.103. The molecule has 0 saturated carbocycles. The number of hydrogen-bond acceptors (Lipinski definition) is 1. The first kappa shape index (κ1) is 15.2. The lowest BCUT2D eigenvalue weighted by atomic mass is 9.96. The van der Waals surface area contributed by atoms with E-state index in [-0.39, 0.29) is 11.6 Å². The smallest absolute Gasteiger partial charge is 0.194 e. The summed E-state index contributed by atoms with van der Waals surface area (Å²) in [5.74, 6) is -0.367. The number of hydrogen-bond donors (Lipinski definition) is 0. The van der Waals surface area contributed by atoms with Crippen molar-refractivity contribution >= 4 is 28.4 Å². The van der Waals surface area contributed by atoms with Crippen LogP contribution in [0.1, 0.15) is 40.9 Å². The topological polar surface area (TPSA) is 17.1 Å². The molecule has 0 saturated heterocycles. The zero-order valence-electron chi connectivity index (χ0n) is 11.5. The van der Waals surface area contributed by atoms with Crippen molar-refractivity contribution in [1.82, 2.24) is 0 Å². The van der Waals surface area contributed by atoms with Gasteiger partial charge >= 0.3 is 0 Å². The Morgan fingerprint density at radius 2 is 1.75 bits per heavy atom. The van der Waals surface area contributed by atoms with Crippen LogP contribution in [-0.2, 0) is 12.8 Å². The molecule has 0 aliphatic rings. The molecule has 0 bridgehead atoms. The third-order valence-corrected chi connectivity index (χ3v) is 4.30. The van der Waals surface area contributed by atoms with Crippen LogP contribution >= 0.6 is 22.6 Å². The van der Waals surface area contributed by atoms with Crippen LogP contribution in [0.25, 0.3) is 0 Å². The van der Waals surface area contributed by atoms with E-state index in [2.05, 4.69) is 13.8 Å². The van der Waals surface area contributed by atoms with E-state index in [0.717, 1.165) is 12.8 Å². The molecule has 0 heterocycles. The number of halogens is 2. The van der Waals surface area contributed by atoms with Crippen LogP contribution < -0.4 is 0 Å². The van der Waals surface area contributed by atoms with Crippen molar-refractivity contribution in [1.29, 1.82) is 0 Å². The largest absolute Gasteiger partial charge is 0.289 e. The Morgan fingerprint density at radius 1 is 1.05 bits per heavy atom. The molecule has 0 N–H and O–H groups in total. The maximum atomic E-state index is 13.1. The summed E-state index contributed by atoms with van der Waals surface area (Å²) in [6.07, 6.45) is 1.87. The highest BCUT2D eigenvalue weighted by molar-refractivity contribution is 14.1. The van der Waals surface area contributed by atoms with Crippen molar-refractivity contribution < 1.29 is 9.18 Å². The maximum Gasteiger partial charge on any atom is 0.194 e. The molecule has 0 fully saturated rings. The van der Waals surface area contributed by atoms with Crippen LogP contribution in [-0.4, -0.2) is 5.78 Å². The van der Waals surface area contributed by atoms with Crippen LogP contribution in [0, 0.1) is 9.39 Å². The standard InChI is InChI=1S/C17H16FIO/c1-3-11-5-6-13(9-12(11)4-2)17(20)15-8-7-14(18)10-16(15)19/h5-10H,3-4H2,1-2H3. The lowest BCUT2D eigenvalue weighted by Gasteiger charge is -2.09. The molecular weight excluding hydrogens is 366 g/mol. The van der Waals surface area contributed by atoms with Gasteiger partial charge < -0.3 is 0 Å². The maximum absolute atomic E-state index is 13.1. The molecule has 1 nitrogen and oxygen atoms in total. The van der Waals surface area contributed by atoms with Crippen LogP contribution in [0.4, 0.5) is 4.39 Å². The van der Waals surface area contributed by atoms with Gasteiger partial charge in [-0.1, -0.05) is 26.0 Å². The minimum atomic E-state index is -0.318. The monoisotopic (exact) mass is 382 g/mol. The number of carbonyl (C=O) groups is 1. The van der Waals surface area contributed by atoms with Gasteiger partial charge in [-0.2, -0.15) is 0 Å². The summed E-state index contributed by atoms with van der Waals surface area (Å²) in [5.41, 5.74) is 3.70. The highest BCUT2D eigenvalue weighted by atomic mass is 127. The van der Waals surface area contributed by atoms with Gasteiger partial charge in [0, 0.05) is 14.7 Å². The van der Waals surface area contributed by atoms with Crippen molar-refractivity contribution in [3.8, 4) is 0 Å². The number of rotatable bonds is 4. The molecule has 0 spiro atoms. The van der Waals surface area contributed by atoms with Crippen molar-refractivity contribution in [2.24, 2.45) is 0 Å². The average molecular weight is 382 g/mol. The minimum absolute atomic E-state index is 0.0493. The molecule has 2 rings (SSSR count). The molecule has 2 aromatic rings. The molecule has 104 valence electrons. The Bertz CT molecular complexity index is 649. The Morgan fingerprint density at radius 3 is 2.35 bits per heavy atom. The molecule has 0 radical (unpaired) electrons. The number of ketones is 1. The van der Waals surface area contributed by atoms with E-state index in [1.165, 1.54) is 23.3 Å². The van der Waals surface area contributed by atoms with Crippen molar-refractivity contribution in [2.75, 3.05) is 0 Å². The third kappa shape index (κ3) is 3.08. The SMILES string of the molecule is CCc1ccc(C(=O)c2ccc(F)cc2I)cc1CC. The van der Waals surface area contributed by atoms with Gasteiger partial charge in [-0.05, 0) is 70.8 Å². The summed E-state index contributed by atoms with van der Waals surface area (Å²) < 4.78 is 13.8. The van der Waals surface area contributed by atoms with E-state index in [0.29, 0.717) is 14.7 Å². The highest BCUT2D eigenvalue weighted by Crippen LogP contribution is 2.20. The Kier molecular flexibility index (Phi) is 4.91. The van der Waals surface area contributed by atoms with Gasteiger partial charge in [-0.15, -0.1) is 0 Å². The van der Waals surface area contributed by atoms with Gasteiger partial charge in [0.15, 0.2) is 5.78 Å². The quantitative estimate of drug-likeness (QED) is 0.549. The molecular formula is C17H16FIO. The fourth-order valence-corrected chi connectivity index (χ4v) is 2.99. The molecule has 0 unspecified atom stereocenters. The number of aryl methyl sites for hydroxylation is 2. The summed E-state index contributed by atoms with van der Waals surface area (Å²) in [7, 11) is 0. The van der Waals surface area contributed by atoms with E-state index in [9.17, 15) is 9.18 Å². The Labute approximate surface area is 132 Å². The summed E-state index contributed by atoms with van der Waals surface area (Å²) in [6.45, 7) is 4.20. The second-order valence-electron chi connectivity index (χ2n) is 4.64. The molecule has 20 heavy (non-hydrogen) atoms. The first-order chi connectivity index (χ1) is 9.56. The number of carbonyl (C=O) groups excluding carboxylic acids is 1. The second kappa shape index (κ2) is 6.48. The zero-order chi connectivity index (χ0) is 14.7. The van der Waals surface area contributed by atoms with E-state index in [1.807, 2.05) is 40.8 Å². The van der Waals surface area contributed by atoms with Gasteiger partial charge in [-0.25, -0.2) is 4.39 Å². The Balaban J connectivity index is 2.43. The first-order valence-electron chi connectivity index (χ1n) is 6.68. The molecule has 2 aromatic carbocycles. The summed E-state index contributed by atoms with van der Waals surface area (Å²) in [6, 6.07) is 10.1. The summed E-state index contributed by atoms with van der Waals surface area (Å²) in [4.78, 5) is 12.5. The van der Waals surface area contributed by atoms with Crippen molar-refractivity contribution in [3.63, 3.8) is 0 Å². The zero-order valence-corrected chi connectivity index (χ0v) is 13.7. The van der Waals surface area contributed by atoms with E-state index in [1.54, 1.807) is 6.07 Å². The third-order valence-electron chi connectivity index (χ3n) is 3.41. The second-order valence-corrected chi connectivity index (χ2v) is 5.81. The fraction of sp³-hybridized carbons (Fsp3) is 0.235. The molecule has 0 amide bonds. The van der Waals surface area contributed by atoms with E-state index in [4.69, 9.17) is 0 Å². The predicted molar refractivity (Wildman–Crippen MR) is 87.7 cm³/mol. The van der Waals surface area contributed by atoms with Gasteiger partial charge in [0.05, 0.1) is 0 Å². The average Bonchev–Trinajstić information content (AvgIpc) is 2.45. The fourth-order valence-electron chi connectivity index (χ4n) is 2.27. The summed E-state index contributed by atoms with van der Waals surface area (Å²) >= 11 is 2.00. The van der Waals surface area contributed by atoms with Gasteiger partial charge in [-0.3, -0.25) is 4.79 Å². The van der Waals surface area contributed by atoms with Gasteiger partial charge in [0.2, 0.25) is 0 Å². The lowest BCUT2D eigenvalue weighted by Crippen LogP contribution is -2.05. The minimum Gasteiger partial charge on any atom is -0.289 e. The molecule has 3 heteroatoms. The van der Waals surface area contributed by atoms with E-state index >= 15 is 0 Å². The van der Waals surface area contributed by atoms with Crippen LogP contribution in [0.3, 0.4) is 0 Å². The van der Waals surface area contributed by atoms with Crippen molar-refractivity contribution in [2.45, 2.75) is 26.7 Å². The van der Waals surface area contributed by atoms with Crippen LogP contribution in [0.5, 0.6) is 0 Å². The molecule has 0 aliphatic heterocycles. The number of benzene rings is 2. The summed E-state index contributed by atoms with van der Waals surface area (Å²) in [5, 5.41) is 0. The predicted octanol–water partition coefficient (Wildman–Crippen LogP) is 4.79. The van der Waals surface area contributed by atoms with Crippen molar-refractivity contribution in [3.05, 3.63) is 68.0 Å². The first-order valence-corrected chi connectivity index (χ1v) is 7.76. The molecule has 0 aromatic heterocycles. The van der Waals surface area contributed by atoms with Gasteiger partial charge in [0.1, 0.15) is 5.82 Å².